The van der Waals surface area contributed by atoms with E-state index in [1.165, 1.54) is 70.6 Å². The standard InChI is InChI=1S/C17H35N3/c1-3-4-5-6-7-8-9-10-11-12-13-17-19-14-15-20(17)16(2)18/h14-17,19H,3-13,18H2,1-2H3. The molecule has 2 unspecified atom stereocenters. The average Bonchev–Trinajstić information content (AvgIpc) is 2.89. The van der Waals surface area contributed by atoms with Crippen molar-refractivity contribution in [2.24, 2.45) is 5.73 Å². The normalized spacial score (nSPS) is 19.4. The Morgan fingerprint density at radius 3 is 2.10 bits per heavy atom. The molecule has 1 aliphatic heterocycles. The van der Waals surface area contributed by atoms with Gasteiger partial charge in [-0.15, -0.1) is 0 Å². The van der Waals surface area contributed by atoms with Gasteiger partial charge in [-0.25, -0.2) is 0 Å². The Balaban J connectivity index is 1.87. The highest BCUT2D eigenvalue weighted by molar-refractivity contribution is 4.95. The summed E-state index contributed by atoms with van der Waals surface area (Å²) in [5.41, 5.74) is 5.94. The van der Waals surface area contributed by atoms with Crippen LogP contribution in [0.5, 0.6) is 0 Å². The third kappa shape index (κ3) is 7.18. The highest BCUT2D eigenvalue weighted by Gasteiger charge is 2.20. The molecule has 2 atom stereocenters. The second-order valence-corrected chi connectivity index (χ2v) is 6.16. The number of nitrogens with one attached hydrogen (secondary N) is 1. The Morgan fingerprint density at radius 1 is 1.00 bits per heavy atom. The van der Waals surface area contributed by atoms with E-state index in [2.05, 4.69) is 23.3 Å². The number of rotatable bonds is 12. The monoisotopic (exact) mass is 281 g/mol. The zero-order valence-electron chi connectivity index (χ0n) is 13.6. The van der Waals surface area contributed by atoms with E-state index in [-0.39, 0.29) is 6.17 Å². The fourth-order valence-electron chi connectivity index (χ4n) is 2.91. The first kappa shape index (κ1) is 17.4. The Hall–Kier alpha value is -0.700. The SMILES string of the molecule is CCCCCCCCCCCCC1NC=CN1C(C)N. The molecule has 0 aromatic rings. The maximum atomic E-state index is 5.94. The molecule has 0 amide bonds. The number of nitrogens with two attached hydrogens (primary N) is 1. The van der Waals surface area contributed by atoms with Crippen LogP contribution in [-0.4, -0.2) is 17.2 Å². The maximum Gasteiger partial charge on any atom is 0.0995 e. The molecule has 0 aromatic carbocycles. The van der Waals surface area contributed by atoms with E-state index >= 15 is 0 Å². The van der Waals surface area contributed by atoms with Crippen LogP contribution in [0.1, 0.15) is 84.5 Å². The second kappa shape index (κ2) is 11.0. The van der Waals surface area contributed by atoms with Crippen LogP contribution in [0, 0.1) is 0 Å². The van der Waals surface area contributed by atoms with E-state index in [4.69, 9.17) is 5.73 Å². The molecule has 0 saturated carbocycles. The van der Waals surface area contributed by atoms with Gasteiger partial charge in [-0.2, -0.15) is 0 Å². The Bertz CT molecular complexity index is 251. The minimum Gasteiger partial charge on any atom is -0.370 e. The number of hydrogen-bond donors (Lipinski definition) is 2. The quantitative estimate of drug-likeness (QED) is 0.524. The highest BCUT2D eigenvalue weighted by atomic mass is 15.3. The molecule has 0 saturated heterocycles. The van der Waals surface area contributed by atoms with Crippen LogP contribution in [0.2, 0.25) is 0 Å². The van der Waals surface area contributed by atoms with Gasteiger partial charge in [0.05, 0.1) is 12.3 Å². The summed E-state index contributed by atoms with van der Waals surface area (Å²) in [6.45, 7) is 4.32. The molecular formula is C17H35N3. The summed E-state index contributed by atoms with van der Waals surface area (Å²) < 4.78 is 0. The number of hydrogen-bond acceptors (Lipinski definition) is 3. The zero-order valence-corrected chi connectivity index (χ0v) is 13.6. The van der Waals surface area contributed by atoms with E-state index in [0.29, 0.717) is 6.17 Å². The molecule has 1 heterocycles. The predicted octanol–water partition coefficient (Wildman–Crippen LogP) is 4.30. The van der Waals surface area contributed by atoms with Gasteiger partial charge in [0, 0.05) is 12.4 Å². The number of nitrogens with zero attached hydrogens (tertiary/aromatic N) is 1. The van der Waals surface area contributed by atoms with Crippen molar-refractivity contribution in [3.8, 4) is 0 Å². The summed E-state index contributed by atoms with van der Waals surface area (Å²) in [5.74, 6) is 0. The van der Waals surface area contributed by atoms with E-state index < -0.39 is 0 Å². The maximum absolute atomic E-state index is 5.94. The van der Waals surface area contributed by atoms with Gasteiger partial charge in [-0.3, -0.25) is 0 Å². The van der Waals surface area contributed by atoms with E-state index in [1.807, 2.05) is 13.1 Å². The molecule has 1 aliphatic rings. The molecule has 3 N–H and O–H groups in total. The molecule has 20 heavy (non-hydrogen) atoms. The third-order valence-electron chi connectivity index (χ3n) is 4.20. The molecule has 3 heteroatoms. The van der Waals surface area contributed by atoms with Gasteiger partial charge < -0.3 is 16.0 Å². The van der Waals surface area contributed by atoms with Gasteiger partial charge in [-0.1, -0.05) is 64.7 Å². The Morgan fingerprint density at radius 2 is 1.55 bits per heavy atom. The molecule has 0 radical (unpaired) electrons. The van der Waals surface area contributed by atoms with Gasteiger partial charge in [0.25, 0.3) is 0 Å². The summed E-state index contributed by atoms with van der Waals surface area (Å²) in [4.78, 5) is 2.22. The van der Waals surface area contributed by atoms with E-state index in [0.717, 1.165) is 0 Å². The van der Waals surface area contributed by atoms with Crippen LogP contribution in [0.25, 0.3) is 0 Å². The first-order valence-corrected chi connectivity index (χ1v) is 8.71. The first-order chi connectivity index (χ1) is 9.75. The molecule has 0 aromatic heterocycles. The fourth-order valence-corrected chi connectivity index (χ4v) is 2.91. The van der Waals surface area contributed by atoms with Gasteiger partial charge in [0.2, 0.25) is 0 Å². The van der Waals surface area contributed by atoms with Crippen molar-refractivity contribution in [3.05, 3.63) is 12.4 Å². The zero-order chi connectivity index (χ0) is 14.6. The summed E-state index contributed by atoms with van der Waals surface area (Å²) in [6, 6.07) is 0. The molecule has 1 rings (SSSR count). The Labute approximate surface area is 126 Å². The highest BCUT2D eigenvalue weighted by Crippen LogP contribution is 2.16. The van der Waals surface area contributed by atoms with Crippen molar-refractivity contribution < 1.29 is 0 Å². The summed E-state index contributed by atoms with van der Waals surface area (Å²) >= 11 is 0. The first-order valence-electron chi connectivity index (χ1n) is 8.71. The van der Waals surface area contributed by atoms with Crippen LogP contribution in [0.4, 0.5) is 0 Å². The van der Waals surface area contributed by atoms with Crippen molar-refractivity contribution in [2.75, 3.05) is 0 Å². The molecule has 0 bridgehead atoms. The van der Waals surface area contributed by atoms with Crippen molar-refractivity contribution in [1.29, 1.82) is 0 Å². The molecule has 0 aliphatic carbocycles. The van der Waals surface area contributed by atoms with E-state index in [1.54, 1.807) is 0 Å². The van der Waals surface area contributed by atoms with Crippen molar-refractivity contribution in [3.63, 3.8) is 0 Å². The third-order valence-corrected chi connectivity index (χ3v) is 4.20. The Kier molecular flexibility index (Phi) is 9.56. The summed E-state index contributed by atoms with van der Waals surface area (Å²) in [7, 11) is 0. The van der Waals surface area contributed by atoms with Crippen LogP contribution in [-0.2, 0) is 0 Å². The summed E-state index contributed by atoms with van der Waals surface area (Å²) in [6.07, 6.45) is 19.8. The van der Waals surface area contributed by atoms with Crippen LogP contribution in [0.15, 0.2) is 12.4 Å². The fraction of sp³-hybridized carbons (Fsp3) is 0.882. The largest absolute Gasteiger partial charge is 0.370 e. The van der Waals surface area contributed by atoms with Crippen LogP contribution in [0.3, 0.4) is 0 Å². The molecule has 118 valence electrons. The lowest BCUT2D eigenvalue weighted by atomic mass is 10.1. The molecule has 0 fully saturated rings. The van der Waals surface area contributed by atoms with Gasteiger partial charge in [0.1, 0.15) is 0 Å². The lowest BCUT2D eigenvalue weighted by molar-refractivity contribution is 0.208. The van der Waals surface area contributed by atoms with Crippen LogP contribution < -0.4 is 11.1 Å². The minimum absolute atomic E-state index is 0.106. The molecular weight excluding hydrogens is 246 g/mol. The van der Waals surface area contributed by atoms with Crippen molar-refractivity contribution in [1.82, 2.24) is 10.2 Å². The lowest BCUT2D eigenvalue weighted by Gasteiger charge is -2.28. The van der Waals surface area contributed by atoms with Crippen LogP contribution >= 0.6 is 0 Å². The molecule has 3 nitrogen and oxygen atoms in total. The van der Waals surface area contributed by atoms with Gasteiger partial charge in [0.15, 0.2) is 0 Å². The average molecular weight is 281 g/mol. The lowest BCUT2D eigenvalue weighted by Crippen LogP contribution is -2.44. The van der Waals surface area contributed by atoms with Crippen molar-refractivity contribution >= 4 is 0 Å². The number of unbranched alkanes of at least 4 members (excludes halogenated alkanes) is 9. The predicted molar refractivity (Wildman–Crippen MR) is 88.0 cm³/mol. The van der Waals surface area contributed by atoms with Gasteiger partial charge in [-0.05, 0) is 19.8 Å². The van der Waals surface area contributed by atoms with E-state index in [9.17, 15) is 0 Å². The summed E-state index contributed by atoms with van der Waals surface area (Å²) in [5, 5.41) is 3.38. The van der Waals surface area contributed by atoms with Crippen molar-refractivity contribution in [2.45, 2.75) is 96.8 Å². The topological polar surface area (TPSA) is 41.3 Å². The molecule has 0 spiro atoms. The van der Waals surface area contributed by atoms with Gasteiger partial charge >= 0.3 is 0 Å². The smallest absolute Gasteiger partial charge is 0.0995 e. The second-order valence-electron chi connectivity index (χ2n) is 6.16. The minimum atomic E-state index is 0.106.